The van der Waals surface area contributed by atoms with Crippen LogP contribution in [0.5, 0.6) is 0 Å². The fourth-order valence-electron chi connectivity index (χ4n) is 2.00. The maximum absolute atomic E-state index is 11.7. The Balaban J connectivity index is 1.55. The SMILES string of the molecule is CN(CC1CCC1)C(=O)CNCC1CC1. The van der Waals surface area contributed by atoms with Gasteiger partial charge in [-0.25, -0.2) is 0 Å². The molecule has 2 aliphatic rings. The first-order valence-corrected chi connectivity index (χ1v) is 6.20. The van der Waals surface area contributed by atoms with E-state index < -0.39 is 0 Å². The first-order chi connectivity index (χ1) is 7.25. The molecule has 0 atom stereocenters. The number of likely N-dealkylation sites (N-methyl/N-ethyl adjacent to an activating group) is 1. The van der Waals surface area contributed by atoms with Crippen LogP contribution >= 0.6 is 0 Å². The number of rotatable bonds is 6. The van der Waals surface area contributed by atoms with Crippen LogP contribution < -0.4 is 5.32 Å². The van der Waals surface area contributed by atoms with Crippen LogP contribution in [0.2, 0.25) is 0 Å². The van der Waals surface area contributed by atoms with Gasteiger partial charge in [0.15, 0.2) is 0 Å². The maximum atomic E-state index is 11.7. The maximum Gasteiger partial charge on any atom is 0.236 e. The lowest BCUT2D eigenvalue weighted by Crippen LogP contribution is -2.39. The van der Waals surface area contributed by atoms with Crippen molar-refractivity contribution in [3.05, 3.63) is 0 Å². The van der Waals surface area contributed by atoms with E-state index in [0.29, 0.717) is 6.54 Å². The summed E-state index contributed by atoms with van der Waals surface area (Å²) in [6.45, 7) is 2.52. The van der Waals surface area contributed by atoms with Crippen LogP contribution in [-0.2, 0) is 4.79 Å². The molecule has 0 aliphatic heterocycles. The van der Waals surface area contributed by atoms with Crippen molar-refractivity contribution < 1.29 is 4.79 Å². The van der Waals surface area contributed by atoms with E-state index in [2.05, 4.69) is 5.32 Å². The molecule has 0 aromatic carbocycles. The minimum absolute atomic E-state index is 0.252. The van der Waals surface area contributed by atoms with Crippen LogP contribution in [-0.4, -0.2) is 37.5 Å². The molecule has 86 valence electrons. The van der Waals surface area contributed by atoms with Crippen molar-refractivity contribution in [1.29, 1.82) is 0 Å². The summed E-state index contributed by atoms with van der Waals surface area (Å²) in [6.07, 6.45) is 6.67. The molecular weight excluding hydrogens is 188 g/mol. The lowest BCUT2D eigenvalue weighted by atomic mass is 9.85. The van der Waals surface area contributed by atoms with Gasteiger partial charge in [-0.1, -0.05) is 6.42 Å². The van der Waals surface area contributed by atoms with Gasteiger partial charge in [0.25, 0.3) is 0 Å². The number of nitrogens with zero attached hydrogens (tertiary/aromatic N) is 1. The summed E-state index contributed by atoms with van der Waals surface area (Å²) in [5.74, 6) is 1.89. The lowest BCUT2D eigenvalue weighted by Gasteiger charge is -2.30. The minimum atomic E-state index is 0.252. The summed E-state index contributed by atoms with van der Waals surface area (Å²) < 4.78 is 0. The third-order valence-corrected chi connectivity index (χ3v) is 3.59. The molecule has 0 spiro atoms. The average Bonchev–Trinajstić information content (AvgIpc) is 2.94. The highest BCUT2D eigenvalue weighted by atomic mass is 16.2. The van der Waals surface area contributed by atoms with Crippen molar-refractivity contribution in [1.82, 2.24) is 10.2 Å². The zero-order valence-corrected chi connectivity index (χ0v) is 9.67. The van der Waals surface area contributed by atoms with E-state index in [0.717, 1.165) is 24.9 Å². The van der Waals surface area contributed by atoms with Gasteiger partial charge in [0.05, 0.1) is 6.54 Å². The third-order valence-electron chi connectivity index (χ3n) is 3.59. The molecule has 3 heteroatoms. The molecule has 2 aliphatic carbocycles. The van der Waals surface area contributed by atoms with Crippen molar-refractivity contribution in [2.45, 2.75) is 32.1 Å². The van der Waals surface area contributed by atoms with Crippen LogP contribution in [0.4, 0.5) is 0 Å². The van der Waals surface area contributed by atoms with Crippen LogP contribution in [0.15, 0.2) is 0 Å². The van der Waals surface area contributed by atoms with Gasteiger partial charge in [-0.2, -0.15) is 0 Å². The van der Waals surface area contributed by atoms with Crippen molar-refractivity contribution in [3.8, 4) is 0 Å². The second-order valence-corrected chi connectivity index (χ2v) is 5.15. The normalized spacial score (nSPS) is 21.1. The third kappa shape index (κ3) is 3.49. The second-order valence-electron chi connectivity index (χ2n) is 5.15. The van der Waals surface area contributed by atoms with E-state index in [1.807, 2.05) is 11.9 Å². The summed E-state index contributed by atoms with van der Waals surface area (Å²) in [7, 11) is 1.93. The molecule has 0 aromatic rings. The fraction of sp³-hybridized carbons (Fsp3) is 0.917. The lowest BCUT2D eigenvalue weighted by molar-refractivity contribution is -0.129. The topological polar surface area (TPSA) is 32.3 Å². The average molecular weight is 210 g/mol. The van der Waals surface area contributed by atoms with Gasteiger partial charge in [0, 0.05) is 13.6 Å². The number of hydrogen-bond donors (Lipinski definition) is 1. The number of carbonyl (C=O) groups is 1. The summed E-state index contributed by atoms with van der Waals surface area (Å²) in [5.41, 5.74) is 0. The van der Waals surface area contributed by atoms with Gasteiger partial charge in [-0.05, 0) is 44.1 Å². The molecule has 1 N–H and O–H groups in total. The standard InChI is InChI=1S/C12H22N2O/c1-14(9-11-3-2-4-11)12(15)8-13-7-10-5-6-10/h10-11,13H,2-9H2,1H3. The highest BCUT2D eigenvalue weighted by molar-refractivity contribution is 5.77. The van der Waals surface area contributed by atoms with E-state index in [1.54, 1.807) is 0 Å². The van der Waals surface area contributed by atoms with Crippen molar-refractivity contribution in [3.63, 3.8) is 0 Å². The molecule has 2 rings (SSSR count). The Morgan fingerprint density at radius 3 is 2.53 bits per heavy atom. The van der Waals surface area contributed by atoms with E-state index >= 15 is 0 Å². The van der Waals surface area contributed by atoms with E-state index in [-0.39, 0.29) is 5.91 Å². The molecule has 3 nitrogen and oxygen atoms in total. The van der Waals surface area contributed by atoms with Crippen molar-refractivity contribution >= 4 is 5.91 Å². The van der Waals surface area contributed by atoms with Gasteiger partial charge in [-0.15, -0.1) is 0 Å². The predicted octanol–water partition coefficient (Wildman–Crippen LogP) is 1.24. The second kappa shape index (κ2) is 4.97. The number of amides is 1. The Labute approximate surface area is 92.2 Å². The quantitative estimate of drug-likeness (QED) is 0.715. The van der Waals surface area contributed by atoms with Gasteiger partial charge >= 0.3 is 0 Å². The van der Waals surface area contributed by atoms with E-state index in [4.69, 9.17) is 0 Å². The summed E-state index contributed by atoms with van der Waals surface area (Å²) >= 11 is 0. The summed E-state index contributed by atoms with van der Waals surface area (Å²) in [4.78, 5) is 13.6. The number of carbonyl (C=O) groups excluding carboxylic acids is 1. The smallest absolute Gasteiger partial charge is 0.236 e. The molecule has 1 amide bonds. The fourth-order valence-corrected chi connectivity index (χ4v) is 2.00. The Kier molecular flexibility index (Phi) is 3.62. The first-order valence-electron chi connectivity index (χ1n) is 6.20. The highest BCUT2D eigenvalue weighted by Crippen LogP contribution is 2.27. The molecule has 15 heavy (non-hydrogen) atoms. The molecular formula is C12H22N2O. The zero-order chi connectivity index (χ0) is 10.7. The minimum Gasteiger partial charge on any atom is -0.344 e. The Morgan fingerprint density at radius 2 is 2.00 bits per heavy atom. The van der Waals surface area contributed by atoms with Crippen LogP contribution in [0.3, 0.4) is 0 Å². The molecule has 2 fully saturated rings. The number of nitrogens with one attached hydrogen (secondary N) is 1. The van der Waals surface area contributed by atoms with E-state index in [1.165, 1.54) is 32.1 Å². The molecule has 0 heterocycles. The Bertz CT molecular complexity index is 222. The molecule has 0 bridgehead atoms. The van der Waals surface area contributed by atoms with Gasteiger partial charge in [0.1, 0.15) is 0 Å². The van der Waals surface area contributed by atoms with E-state index in [9.17, 15) is 4.79 Å². The van der Waals surface area contributed by atoms with Gasteiger partial charge < -0.3 is 10.2 Å². The first kappa shape index (κ1) is 10.9. The monoisotopic (exact) mass is 210 g/mol. The molecule has 0 radical (unpaired) electrons. The Hall–Kier alpha value is -0.570. The summed E-state index contributed by atoms with van der Waals surface area (Å²) in [6, 6.07) is 0. The van der Waals surface area contributed by atoms with Gasteiger partial charge in [0.2, 0.25) is 5.91 Å². The largest absolute Gasteiger partial charge is 0.344 e. The van der Waals surface area contributed by atoms with Crippen LogP contribution in [0, 0.1) is 11.8 Å². The molecule has 0 unspecified atom stereocenters. The Morgan fingerprint density at radius 1 is 1.27 bits per heavy atom. The number of hydrogen-bond acceptors (Lipinski definition) is 2. The van der Waals surface area contributed by atoms with Crippen LogP contribution in [0.1, 0.15) is 32.1 Å². The molecule has 0 aromatic heterocycles. The molecule has 0 saturated heterocycles. The van der Waals surface area contributed by atoms with Gasteiger partial charge in [-0.3, -0.25) is 4.79 Å². The summed E-state index contributed by atoms with van der Waals surface area (Å²) in [5, 5.41) is 3.25. The zero-order valence-electron chi connectivity index (χ0n) is 9.67. The van der Waals surface area contributed by atoms with Crippen LogP contribution in [0.25, 0.3) is 0 Å². The molecule has 2 saturated carbocycles. The van der Waals surface area contributed by atoms with Crippen molar-refractivity contribution in [2.75, 3.05) is 26.7 Å². The van der Waals surface area contributed by atoms with Crippen molar-refractivity contribution in [2.24, 2.45) is 11.8 Å². The predicted molar refractivity (Wildman–Crippen MR) is 60.6 cm³/mol. The highest BCUT2D eigenvalue weighted by Gasteiger charge is 2.23.